The molecule has 1 N–H and O–H groups in total. The largest absolute Gasteiger partial charge is 0.489 e. The van der Waals surface area contributed by atoms with Gasteiger partial charge in [-0.1, -0.05) is 30.3 Å². The Bertz CT molecular complexity index is 1640. The van der Waals surface area contributed by atoms with E-state index in [9.17, 15) is 14.4 Å². The van der Waals surface area contributed by atoms with Gasteiger partial charge in [-0.15, -0.1) is 0 Å². The fourth-order valence-corrected chi connectivity index (χ4v) is 4.08. The van der Waals surface area contributed by atoms with Crippen LogP contribution in [0.5, 0.6) is 5.75 Å². The van der Waals surface area contributed by atoms with Gasteiger partial charge in [-0.2, -0.15) is 0 Å². The highest BCUT2D eigenvalue weighted by molar-refractivity contribution is 6.10. The Morgan fingerprint density at radius 3 is 2.56 bits per heavy atom. The summed E-state index contributed by atoms with van der Waals surface area (Å²) in [7, 11) is 0. The SMILES string of the molecule is Cc1cc(=O)oc2cc(OCc3ccc(C(=O)OC(C)C(=O)c4c[nH]c5ccccc45)cc3)ccc12. The third-order valence-corrected chi connectivity index (χ3v) is 6.03. The Hall–Kier alpha value is -4.65. The maximum absolute atomic E-state index is 12.8. The Kier molecular flexibility index (Phi) is 6.12. The normalized spacial score (nSPS) is 11.9. The Morgan fingerprint density at radius 2 is 1.75 bits per heavy atom. The highest BCUT2D eigenvalue weighted by atomic mass is 16.5. The molecule has 0 radical (unpaired) electrons. The molecule has 36 heavy (non-hydrogen) atoms. The molecule has 0 fully saturated rings. The van der Waals surface area contributed by atoms with E-state index in [0.717, 1.165) is 27.4 Å². The minimum Gasteiger partial charge on any atom is -0.489 e. The first-order valence-corrected chi connectivity index (χ1v) is 11.5. The first kappa shape index (κ1) is 23.1. The number of H-pyrrole nitrogens is 1. The molecule has 0 aliphatic carbocycles. The first-order valence-electron chi connectivity index (χ1n) is 11.5. The number of nitrogens with one attached hydrogen (secondary N) is 1. The van der Waals surface area contributed by atoms with E-state index in [0.29, 0.717) is 22.5 Å². The van der Waals surface area contributed by atoms with Gasteiger partial charge in [-0.3, -0.25) is 4.79 Å². The number of aromatic amines is 1. The summed E-state index contributed by atoms with van der Waals surface area (Å²) in [6, 6.07) is 21.0. The number of hydrogen-bond donors (Lipinski definition) is 1. The number of aryl methyl sites for hydroxylation is 1. The highest BCUT2D eigenvalue weighted by Crippen LogP contribution is 2.23. The van der Waals surface area contributed by atoms with Gasteiger partial charge >= 0.3 is 11.6 Å². The number of para-hydroxylation sites is 1. The fraction of sp³-hybridized carbons (Fsp3) is 0.138. The molecule has 0 spiro atoms. The third-order valence-electron chi connectivity index (χ3n) is 6.03. The van der Waals surface area contributed by atoms with Crippen molar-refractivity contribution in [1.82, 2.24) is 4.98 Å². The molecule has 180 valence electrons. The summed E-state index contributed by atoms with van der Waals surface area (Å²) in [5, 5.41) is 1.64. The lowest BCUT2D eigenvalue weighted by atomic mass is 10.1. The number of aromatic nitrogens is 1. The predicted molar refractivity (Wildman–Crippen MR) is 136 cm³/mol. The fourth-order valence-electron chi connectivity index (χ4n) is 4.08. The third kappa shape index (κ3) is 4.63. The second-order valence-electron chi connectivity index (χ2n) is 8.55. The molecule has 0 aliphatic heterocycles. The van der Waals surface area contributed by atoms with Crippen LogP contribution in [0.25, 0.3) is 21.9 Å². The number of Topliss-reactive ketones (excluding diaryl/α,β-unsaturated/α-hetero) is 1. The molecule has 3 aromatic carbocycles. The zero-order chi connectivity index (χ0) is 25.2. The summed E-state index contributed by atoms with van der Waals surface area (Å²) >= 11 is 0. The van der Waals surface area contributed by atoms with Gasteiger partial charge in [0.2, 0.25) is 5.78 Å². The first-order chi connectivity index (χ1) is 17.4. The molecule has 0 saturated carbocycles. The molecule has 2 aromatic heterocycles. The molecular weight excluding hydrogens is 458 g/mol. The summed E-state index contributed by atoms with van der Waals surface area (Å²) in [4.78, 5) is 40.1. The quantitative estimate of drug-likeness (QED) is 0.185. The lowest BCUT2D eigenvalue weighted by Crippen LogP contribution is -2.24. The number of ketones is 1. The number of carbonyl (C=O) groups excluding carboxylic acids is 2. The van der Waals surface area contributed by atoms with Gasteiger partial charge in [-0.25, -0.2) is 9.59 Å². The van der Waals surface area contributed by atoms with Gasteiger partial charge in [-0.05, 0) is 55.3 Å². The second kappa shape index (κ2) is 9.54. The number of benzene rings is 3. The molecule has 2 heterocycles. The van der Waals surface area contributed by atoms with Gasteiger partial charge in [0.05, 0.1) is 5.56 Å². The molecule has 0 saturated heterocycles. The van der Waals surface area contributed by atoms with Crippen LogP contribution in [0.15, 0.2) is 88.2 Å². The van der Waals surface area contributed by atoms with E-state index in [-0.39, 0.29) is 12.4 Å². The molecule has 0 amide bonds. The van der Waals surface area contributed by atoms with E-state index in [1.165, 1.54) is 6.07 Å². The standard InChI is InChI=1S/C29H23NO6/c1-17-13-27(31)36-26-14-21(11-12-22(17)26)34-16-19-7-9-20(10-8-19)29(33)35-18(2)28(32)24-15-30-25-6-4-3-5-23(24)25/h3-15,18,30H,16H2,1-2H3. The zero-order valence-electron chi connectivity index (χ0n) is 19.7. The smallest absolute Gasteiger partial charge is 0.338 e. The summed E-state index contributed by atoms with van der Waals surface area (Å²) in [5.74, 6) is -0.292. The molecule has 7 heteroatoms. The molecule has 0 bridgehead atoms. The summed E-state index contributed by atoms with van der Waals surface area (Å²) in [6.07, 6.45) is 0.701. The Labute approximate surface area is 206 Å². The Morgan fingerprint density at radius 1 is 0.972 bits per heavy atom. The average Bonchev–Trinajstić information content (AvgIpc) is 3.31. The molecule has 7 nitrogen and oxygen atoms in total. The van der Waals surface area contributed by atoms with Crippen molar-refractivity contribution in [3.63, 3.8) is 0 Å². The van der Waals surface area contributed by atoms with Crippen molar-refractivity contribution in [2.75, 3.05) is 0 Å². The lowest BCUT2D eigenvalue weighted by Gasteiger charge is -2.12. The molecule has 0 aliphatic rings. The van der Waals surface area contributed by atoms with E-state index in [4.69, 9.17) is 13.9 Å². The number of esters is 1. The van der Waals surface area contributed by atoms with Crippen molar-refractivity contribution in [1.29, 1.82) is 0 Å². The maximum Gasteiger partial charge on any atom is 0.338 e. The van der Waals surface area contributed by atoms with Gasteiger partial charge in [0.15, 0.2) is 6.10 Å². The van der Waals surface area contributed by atoms with Crippen molar-refractivity contribution in [2.24, 2.45) is 0 Å². The molecule has 5 aromatic rings. The van der Waals surface area contributed by atoms with Gasteiger partial charge < -0.3 is 18.9 Å². The zero-order valence-corrected chi connectivity index (χ0v) is 19.7. The lowest BCUT2D eigenvalue weighted by molar-refractivity contribution is 0.0319. The monoisotopic (exact) mass is 481 g/mol. The van der Waals surface area contributed by atoms with E-state index in [2.05, 4.69) is 4.98 Å². The minimum absolute atomic E-state index is 0.256. The van der Waals surface area contributed by atoms with E-state index in [1.54, 1.807) is 43.5 Å². The highest BCUT2D eigenvalue weighted by Gasteiger charge is 2.23. The molecular formula is C29H23NO6. The average molecular weight is 482 g/mol. The summed E-state index contributed by atoms with van der Waals surface area (Å²) in [6.45, 7) is 3.68. The van der Waals surface area contributed by atoms with Gasteiger partial charge in [0.1, 0.15) is 17.9 Å². The van der Waals surface area contributed by atoms with Crippen LogP contribution in [-0.4, -0.2) is 22.8 Å². The van der Waals surface area contributed by atoms with Crippen LogP contribution in [0, 0.1) is 6.92 Å². The van der Waals surface area contributed by atoms with E-state index in [1.807, 2.05) is 43.3 Å². The topological polar surface area (TPSA) is 98.6 Å². The number of rotatable bonds is 7. The van der Waals surface area contributed by atoms with Crippen LogP contribution in [0.1, 0.15) is 38.8 Å². The van der Waals surface area contributed by atoms with Crippen LogP contribution in [0.2, 0.25) is 0 Å². The second-order valence-corrected chi connectivity index (χ2v) is 8.55. The number of fused-ring (bicyclic) bond motifs is 2. The van der Waals surface area contributed by atoms with E-state index < -0.39 is 17.7 Å². The minimum atomic E-state index is -0.934. The van der Waals surface area contributed by atoms with Crippen molar-refractivity contribution in [3.8, 4) is 5.75 Å². The maximum atomic E-state index is 12.8. The van der Waals surface area contributed by atoms with Crippen molar-refractivity contribution >= 4 is 33.6 Å². The van der Waals surface area contributed by atoms with Crippen molar-refractivity contribution in [3.05, 3.63) is 112 Å². The van der Waals surface area contributed by atoms with Crippen LogP contribution < -0.4 is 10.4 Å². The summed E-state index contributed by atoms with van der Waals surface area (Å²) in [5.41, 5.74) is 3.40. The van der Waals surface area contributed by atoms with Crippen LogP contribution in [-0.2, 0) is 11.3 Å². The van der Waals surface area contributed by atoms with Crippen LogP contribution in [0.3, 0.4) is 0 Å². The summed E-state index contributed by atoms with van der Waals surface area (Å²) < 4.78 is 16.5. The van der Waals surface area contributed by atoms with Crippen LogP contribution >= 0.6 is 0 Å². The number of hydrogen-bond acceptors (Lipinski definition) is 6. The molecule has 1 atom stereocenters. The predicted octanol–water partition coefficient (Wildman–Crippen LogP) is 5.59. The van der Waals surface area contributed by atoms with E-state index >= 15 is 0 Å². The number of ether oxygens (including phenoxy) is 2. The van der Waals surface area contributed by atoms with Crippen molar-refractivity contribution in [2.45, 2.75) is 26.6 Å². The van der Waals surface area contributed by atoms with Gasteiger partial charge in [0.25, 0.3) is 0 Å². The van der Waals surface area contributed by atoms with Gasteiger partial charge in [0, 0.05) is 40.2 Å². The van der Waals surface area contributed by atoms with Crippen molar-refractivity contribution < 1.29 is 23.5 Å². The van der Waals surface area contributed by atoms with Crippen LogP contribution in [0.4, 0.5) is 0 Å². The molecule has 1 unspecified atom stereocenters. The number of carbonyl (C=O) groups is 2. The molecule has 5 rings (SSSR count). The Balaban J connectivity index is 1.21.